The van der Waals surface area contributed by atoms with E-state index in [0.29, 0.717) is 0 Å². The van der Waals surface area contributed by atoms with Crippen LogP contribution in [0, 0.1) is 6.07 Å². The normalized spacial score (nSPS) is 8.83. The molecule has 2 aromatic rings. The van der Waals surface area contributed by atoms with E-state index >= 15 is 0 Å². The molecule has 0 radical (unpaired) electrons. The molecular weight excluding hydrogens is 201 g/mol. The van der Waals surface area contributed by atoms with Gasteiger partial charge in [0.15, 0.2) is 0 Å². The summed E-state index contributed by atoms with van der Waals surface area (Å²) in [7, 11) is 0. The van der Waals surface area contributed by atoms with Crippen molar-refractivity contribution in [1.82, 2.24) is 0 Å². The van der Waals surface area contributed by atoms with Crippen molar-refractivity contribution in [3.63, 3.8) is 0 Å². The number of hydrogen-bond acceptors (Lipinski definition) is 1. The Balaban J connectivity index is 0.000000336. The average molecular weight is 209 g/mol. The van der Waals surface area contributed by atoms with Gasteiger partial charge in [-0.25, -0.2) is 0 Å². The van der Waals surface area contributed by atoms with E-state index in [1.807, 2.05) is 24.3 Å². The summed E-state index contributed by atoms with van der Waals surface area (Å²) in [4.78, 5) is 0. The molecule has 0 aromatic heterocycles. The van der Waals surface area contributed by atoms with Crippen molar-refractivity contribution in [3.8, 4) is 0 Å². The Labute approximate surface area is 81.3 Å². The molecule has 2 heteroatoms. The van der Waals surface area contributed by atoms with Gasteiger partial charge in [-0.05, 0) is 0 Å². The Morgan fingerprint density at radius 2 is 1.67 bits per heavy atom. The van der Waals surface area contributed by atoms with Crippen LogP contribution in [0.3, 0.4) is 0 Å². The Morgan fingerprint density at radius 1 is 1.00 bits per heavy atom. The van der Waals surface area contributed by atoms with Crippen LogP contribution in [-0.4, -0.2) is 0 Å². The zero-order valence-corrected chi connectivity index (χ0v) is 9.62. The van der Waals surface area contributed by atoms with E-state index < -0.39 is 0 Å². The summed E-state index contributed by atoms with van der Waals surface area (Å²) >= 11 is 0.125. The third-order valence-electron chi connectivity index (χ3n) is 1.57. The summed E-state index contributed by atoms with van der Waals surface area (Å²) in [6.07, 6.45) is 0. The van der Waals surface area contributed by atoms with Crippen LogP contribution < -0.4 is 0 Å². The topological polar surface area (TPSA) is 17.1 Å². The summed E-state index contributed by atoms with van der Waals surface area (Å²) in [5.41, 5.74) is 0. The molecule has 0 saturated heterocycles. The minimum Gasteiger partial charge on any atom is -0.147 e. The maximum atomic E-state index is 8.38. The maximum absolute atomic E-state index is 8.38. The summed E-state index contributed by atoms with van der Waals surface area (Å²) < 4.78 is 8.38. The molecule has 12 heavy (non-hydrogen) atoms. The second-order valence-electron chi connectivity index (χ2n) is 2.26. The van der Waals surface area contributed by atoms with Crippen LogP contribution in [0.15, 0.2) is 42.5 Å². The molecule has 0 aliphatic carbocycles. The molecule has 2 rings (SSSR count). The zero-order chi connectivity index (χ0) is 8.81. The fourth-order valence-corrected chi connectivity index (χ4v) is 1.06. The minimum absolute atomic E-state index is 0.125. The summed E-state index contributed by atoms with van der Waals surface area (Å²) in [5.74, 6) is 0. The van der Waals surface area contributed by atoms with E-state index in [9.17, 15) is 0 Å². The van der Waals surface area contributed by atoms with E-state index in [2.05, 4.69) is 24.3 Å². The van der Waals surface area contributed by atoms with Gasteiger partial charge >= 0.3 is 21.8 Å². The molecule has 0 spiro atoms. The molecule has 0 N–H and O–H groups in total. The zero-order valence-electron chi connectivity index (χ0n) is 6.66. The first kappa shape index (κ1) is 9.21. The first-order valence-corrected chi connectivity index (χ1v) is 4.82. The van der Waals surface area contributed by atoms with Gasteiger partial charge in [0.05, 0.1) is 0 Å². The molecular formula is C10H7OZn-. The molecule has 0 saturated carbocycles. The molecule has 0 heterocycles. The molecule has 1 nitrogen and oxygen atoms in total. The molecule has 0 atom stereocenters. The summed E-state index contributed by atoms with van der Waals surface area (Å²) in [6, 6.07) is 17.4. The number of benzene rings is 2. The molecule has 0 aliphatic rings. The molecule has 0 fully saturated rings. The largest absolute Gasteiger partial charge is 0.147 e. The Kier molecular flexibility index (Phi) is 3.76. The first-order chi connectivity index (χ1) is 5.97. The van der Waals surface area contributed by atoms with Crippen LogP contribution in [0.1, 0.15) is 0 Å². The van der Waals surface area contributed by atoms with Gasteiger partial charge in [-0.2, -0.15) is 0 Å². The molecule has 0 bridgehead atoms. The van der Waals surface area contributed by atoms with Gasteiger partial charge in [0.1, 0.15) is 0 Å². The second kappa shape index (κ2) is 4.89. The smallest absolute Gasteiger partial charge is 0.0801 e. The van der Waals surface area contributed by atoms with E-state index in [1.165, 1.54) is 10.8 Å². The standard InChI is InChI=1S/C10H7.O.Zn/c1-2-6-10-8-4-3-7-9(10)5-1;;/h1-7H;;/q-1;;. The van der Waals surface area contributed by atoms with E-state index in [0.717, 1.165) is 0 Å². The number of rotatable bonds is 0. The quantitative estimate of drug-likeness (QED) is 0.480. The monoisotopic (exact) mass is 207 g/mol. The number of fused-ring (bicyclic) bond motifs is 1. The second-order valence-corrected chi connectivity index (χ2v) is 2.26. The Hall–Kier alpha value is -0.877. The van der Waals surface area contributed by atoms with Gasteiger partial charge in [0.2, 0.25) is 0 Å². The summed E-state index contributed by atoms with van der Waals surface area (Å²) in [5, 5.41) is 2.44. The predicted octanol–water partition coefficient (Wildman–Crippen LogP) is 2.52. The maximum Gasteiger partial charge on any atom is -0.0801 e. The van der Waals surface area contributed by atoms with E-state index in [1.54, 1.807) is 0 Å². The number of hydrogen-bond donors (Lipinski definition) is 0. The van der Waals surface area contributed by atoms with Crippen molar-refractivity contribution in [3.05, 3.63) is 48.5 Å². The third kappa shape index (κ3) is 2.05. The molecule has 0 unspecified atom stereocenters. The fourth-order valence-electron chi connectivity index (χ4n) is 1.06. The van der Waals surface area contributed by atoms with Gasteiger partial charge in [-0.1, -0.05) is 12.1 Å². The average Bonchev–Trinajstić information content (AvgIpc) is 2.21. The molecule has 0 amide bonds. The van der Waals surface area contributed by atoms with Crippen LogP contribution in [0.25, 0.3) is 10.8 Å². The van der Waals surface area contributed by atoms with Gasteiger partial charge in [-0.3, -0.25) is 0 Å². The van der Waals surface area contributed by atoms with Crippen molar-refractivity contribution in [1.29, 1.82) is 0 Å². The van der Waals surface area contributed by atoms with E-state index in [4.69, 9.17) is 3.57 Å². The SMILES string of the molecule is [O]=[Zn].[c-]1cccc2ccccc12. The molecule has 0 aliphatic heterocycles. The molecule has 56 valence electrons. The van der Waals surface area contributed by atoms with Crippen LogP contribution in [-0.2, 0) is 21.8 Å². The van der Waals surface area contributed by atoms with Crippen molar-refractivity contribution >= 4 is 10.8 Å². The van der Waals surface area contributed by atoms with Crippen LogP contribution in [0.4, 0.5) is 0 Å². The van der Waals surface area contributed by atoms with Crippen molar-refractivity contribution < 1.29 is 21.8 Å². The Bertz CT molecular complexity index is 294. The van der Waals surface area contributed by atoms with Gasteiger partial charge in [0, 0.05) is 0 Å². The van der Waals surface area contributed by atoms with Gasteiger partial charge in [-0.15, -0.1) is 47.2 Å². The minimum atomic E-state index is 0.125. The fraction of sp³-hybridized carbons (Fsp3) is 0. The van der Waals surface area contributed by atoms with Crippen molar-refractivity contribution in [2.24, 2.45) is 0 Å². The molecule has 2 aromatic carbocycles. The van der Waals surface area contributed by atoms with Crippen molar-refractivity contribution in [2.75, 3.05) is 0 Å². The third-order valence-corrected chi connectivity index (χ3v) is 1.57. The van der Waals surface area contributed by atoms with Crippen molar-refractivity contribution in [2.45, 2.75) is 0 Å². The van der Waals surface area contributed by atoms with Gasteiger partial charge < -0.3 is 0 Å². The van der Waals surface area contributed by atoms with Crippen LogP contribution in [0.5, 0.6) is 0 Å². The predicted molar refractivity (Wildman–Crippen MR) is 43.5 cm³/mol. The Morgan fingerprint density at radius 3 is 2.42 bits per heavy atom. The van der Waals surface area contributed by atoms with E-state index in [-0.39, 0.29) is 18.3 Å². The van der Waals surface area contributed by atoms with Gasteiger partial charge in [0.25, 0.3) is 0 Å². The van der Waals surface area contributed by atoms with Crippen LogP contribution >= 0.6 is 0 Å². The first-order valence-electron chi connectivity index (χ1n) is 3.61. The summed E-state index contributed by atoms with van der Waals surface area (Å²) in [6.45, 7) is 0. The van der Waals surface area contributed by atoms with Crippen LogP contribution in [0.2, 0.25) is 0 Å².